The SMILES string of the molecule is CC(=O)Nc1cccc(C(C)NCc2ncc(Cl)n2C)c1. The van der Waals surface area contributed by atoms with Gasteiger partial charge in [0, 0.05) is 25.7 Å². The van der Waals surface area contributed by atoms with E-state index in [0.717, 1.165) is 17.1 Å². The third kappa shape index (κ3) is 4.06. The molecule has 0 radical (unpaired) electrons. The third-order valence-electron chi connectivity index (χ3n) is 3.30. The molecule has 112 valence electrons. The van der Waals surface area contributed by atoms with Crippen LogP contribution in [0.1, 0.15) is 31.3 Å². The van der Waals surface area contributed by atoms with Crippen LogP contribution in [0.15, 0.2) is 30.5 Å². The molecule has 2 N–H and O–H groups in total. The first-order valence-corrected chi connectivity index (χ1v) is 7.12. The molecule has 0 spiro atoms. The summed E-state index contributed by atoms with van der Waals surface area (Å²) in [6, 6.07) is 7.92. The van der Waals surface area contributed by atoms with E-state index in [0.29, 0.717) is 11.7 Å². The summed E-state index contributed by atoms with van der Waals surface area (Å²) in [7, 11) is 1.88. The molecule has 1 atom stereocenters. The van der Waals surface area contributed by atoms with Crippen LogP contribution in [0.5, 0.6) is 0 Å². The van der Waals surface area contributed by atoms with E-state index in [9.17, 15) is 4.79 Å². The van der Waals surface area contributed by atoms with Gasteiger partial charge < -0.3 is 15.2 Å². The van der Waals surface area contributed by atoms with E-state index in [1.165, 1.54) is 6.92 Å². The maximum absolute atomic E-state index is 11.1. The lowest BCUT2D eigenvalue weighted by Crippen LogP contribution is -2.20. The Bertz CT molecular complexity index is 638. The van der Waals surface area contributed by atoms with Gasteiger partial charge >= 0.3 is 0 Å². The van der Waals surface area contributed by atoms with Gasteiger partial charge in [-0.3, -0.25) is 4.79 Å². The Labute approximate surface area is 129 Å². The number of hydrogen-bond acceptors (Lipinski definition) is 3. The highest BCUT2D eigenvalue weighted by atomic mass is 35.5. The van der Waals surface area contributed by atoms with Gasteiger partial charge in [-0.2, -0.15) is 0 Å². The summed E-state index contributed by atoms with van der Waals surface area (Å²) >= 11 is 5.96. The molecule has 21 heavy (non-hydrogen) atoms. The van der Waals surface area contributed by atoms with Crippen molar-refractivity contribution in [1.29, 1.82) is 0 Å². The summed E-state index contributed by atoms with van der Waals surface area (Å²) in [6.07, 6.45) is 1.64. The monoisotopic (exact) mass is 306 g/mol. The number of rotatable bonds is 5. The van der Waals surface area contributed by atoms with Gasteiger partial charge in [0.25, 0.3) is 0 Å². The lowest BCUT2D eigenvalue weighted by molar-refractivity contribution is -0.114. The molecule has 0 saturated heterocycles. The van der Waals surface area contributed by atoms with Crippen molar-refractivity contribution >= 4 is 23.2 Å². The van der Waals surface area contributed by atoms with E-state index in [1.54, 1.807) is 6.20 Å². The van der Waals surface area contributed by atoms with Gasteiger partial charge in [0.2, 0.25) is 5.91 Å². The quantitative estimate of drug-likeness (QED) is 0.893. The Balaban J connectivity index is 2.01. The number of halogens is 1. The first-order valence-electron chi connectivity index (χ1n) is 6.74. The van der Waals surface area contributed by atoms with E-state index in [2.05, 4.69) is 22.5 Å². The highest BCUT2D eigenvalue weighted by Crippen LogP contribution is 2.18. The lowest BCUT2D eigenvalue weighted by atomic mass is 10.1. The number of amides is 1. The molecule has 1 amide bonds. The van der Waals surface area contributed by atoms with Gasteiger partial charge in [0.05, 0.1) is 12.7 Å². The van der Waals surface area contributed by atoms with Crippen molar-refractivity contribution in [2.45, 2.75) is 26.4 Å². The first kappa shape index (κ1) is 15.5. The van der Waals surface area contributed by atoms with E-state index in [1.807, 2.05) is 35.9 Å². The Morgan fingerprint density at radius 1 is 1.48 bits per heavy atom. The topological polar surface area (TPSA) is 59.0 Å². The molecule has 0 fully saturated rings. The highest BCUT2D eigenvalue weighted by molar-refractivity contribution is 6.29. The Kier molecular flexibility index (Phi) is 4.98. The van der Waals surface area contributed by atoms with Gasteiger partial charge in [-0.25, -0.2) is 4.98 Å². The zero-order valence-corrected chi connectivity index (χ0v) is 13.1. The second-order valence-corrected chi connectivity index (χ2v) is 5.35. The maximum atomic E-state index is 11.1. The van der Waals surface area contributed by atoms with E-state index < -0.39 is 0 Å². The largest absolute Gasteiger partial charge is 0.326 e. The average Bonchev–Trinajstić information content (AvgIpc) is 2.76. The first-order chi connectivity index (χ1) is 9.97. The van der Waals surface area contributed by atoms with Crippen LogP contribution in [0, 0.1) is 0 Å². The van der Waals surface area contributed by atoms with Crippen molar-refractivity contribution in [3.63, 3.8) is 0 Å². The number of anilines is 1. The van der Waals surface area contributed by atoms with Crippen molar-refractivity contribution in [3.05, 3.63) is 47.0 Å². The van der Waals surface area contributed by atoms with Crippen molar-refractivity contribution in [2.24, 2.45) is 7.05 Å². The average molecular weight is 307 g/mol. The Morgan fingerprint density at radius 3 is 2.86 bits per heavy atom. The molecule has 2 rings (SSSR count). The highest BCUT2D eigenvalue weighted by Gasteiger charge is 2.09. The fourth-order valence-corrected chi connectivity index (χ4v) is 2.19. The molecular formula is C15H19ClN4O. The summed E-state index contributed by atoms with van der Waals surface area (Å²) in [5, 5.41) is 6.80. The van der Waals surface area contributed by atoms with Crippen LogP contribution in [0.25, 0.3) is 0 Å². The van der Waals surface area contributed by atoms with Crippen molar-refractivity contribution in [3.8, 4) is 0 Å². The van der Waals surface area contributed by atoms with Gasteiger partial charge in [-0.1, -0.05) is 23.7 Å². The summed E-state index contributed by atoms with van der Waals surface area (Å²) in [6.45, 7) is 4.19. The summed E-state index contributed by atoms with van der Waals surface area (Å²) < 4.78 is 1.84. The van der Waals surface area contributed by atoms with Crippen molar-refractivity contribution < 1.29 is 4.79 Å². The van der Waals surface area contributed by atoms with Crippen LogP contribution in [-0.4, -0.2) is 15.5 Å². The molecular weight excluding hydrogens is 288 g/mol. The van der Waals surface area contributed by atoms with Crippen LogP contribution < -0.4 is 10.6 Å². The molecule has 0 aliphatic rings. The number of aromatic nitrogens is 2. The number of nitrogens with one attached hydrogen (secondary N) is 2. The van der Waals surface area contributed by atoms with Crippen LogP contribution in [-0.2, 0) is 18.4 Å². The van der Waals surface area contributed by atoms with Crippen molar-refractivity contribution in [2.75, 3.05) is 5.32 Å². The second kappa shape index (κ2) is 6.74. The fourth-order valence-electron chi connectivity index (χ4n) is 2.04. The lowest BCUT2D eigenvalue weighted by Gasteiger charge is -2.15. The zero-order valence-electron chi connectivity index (χ0n) is 12.4. The number of nitrogens with zero attached hydrogens (tertiary/aromatic N) is 2. The smallest absolute Gasteiger partial charge is 0.221 e. The summed E-state index contributed by atoms with van der Waals surface area (Å²) in [5.74, 6) is 0.806. The predicted molar refractivity (Wildman–Crippen MR) is 84.2 cm³/mol. The van der Waals surface area contributed by atoms with Gasteiger partial charge in [0.15, 0.2) is 0 Å². The number of carbonyl (C=O) groups excluding carboxylic acids is 1. The van der Waals surface area contributed by atoms with E-state index >= 15 is 0 Å². The molecule has 1 aromatic heterocycles. The number of hydrogen-bond donors (Lipinski definition) is 2. The molecule has 6 heteroatoms. The normalized spacial score (nSPS) is 12.2. The number of imidazole rings is 1. The summed E-state index contributed by atoms with van der Waals surface area (Å²) in [5.41, 5.74) is 1.90. The predicted octanol–water partition coefficient (Wildman–Crippen LogP) is 2.88. The van der Waals surface area contributed by atoms with Crippen molar-refractivity contribution in [1.82, 2.24) is 14.9 Å². The number of carbonyl (C=O) groups is 1. The molecule has 2 aromatic rings. The minimum atomic E-state index is -0.0737. The van der Waals surface area contributed by atoms with Gasteiger partial charge in [-0.15, -0.1) is 0 Å². The molecule has 0 aliphatic carbocycles. The maximum Gasteiger partial charge on any atom is 0.221 e. The van der Waals surface area contributed by atoms with Crippen LogP contribution in [0.2, 0.25) is 5.15 Å². The molecule has 0 saturated carbocycles. The Morgan fingerprint density at radius 2 is 2.24 bits per heavy atom. The summed E-state index contributed by atoms with van der Waals surface area (Å²) in [4.78, 5) is 15.3. The van der Waals surface area contributed by atoms with E-state index in [-0.39, 0.29) is 11.9 Å². The molecule has 1 heterocycles. The Hall–Kier alpha value is -1.85. The minimum absolute atomic E-state index is 0.0737. The third-order valence-corrected chi connectivity index (χ3v) is 3.65. The van der Waals surface area contributed by atoms with Gasteiger partial charge in [0.1, 0.15) is 11.0 Å². The molecule has 5 nitrogen and oxygen atoms in total. The van der Waals surface area contributed by atoms with Crippen LogP contribution in [0.3, 0.4) is 0 Å². The minimum Gasteiger partial charge on any atom is -0.326 e. The zero-order chi connectivity index (χ0) is 15.4. The number of benzene rings is 1. The molecule has 0 aliphatic heterocycles. The molecule has 1 aromatic carbocycles. The van der Waals surface area contributed by atoms with Crippen LogP contribution >= 0.6 is 11.6 Å². The fraction of sp³-hybridized carbons (Fsp3) is 0.333. The standard InChI is InChI=1S/C15H19ClN4O/c1-10(17-9-15-18-8-14(16)20(15)3)12-5-4-6-13(7-12)19-11(2)21/h4-8,10,17H,9H2,1-3H3,(H,19,21). The van der Waals surface area contributed by atoms with Crippen LogP contribution in [0.4, 0.5) is 5.69 Å². The van der Waals surface area contributed by atoms with E-state index in [4.69, 9.17) is 11.6 Å². The van der Waals surface area contributed by atoms with Gasteiger partial charge in [-0.05, 0) is 24.6 Å². The second-order valence-electron chi connectivity index (χ2n) is 4.97. The molecule has 0 bridgehead atoms. The molecule has 1 unspecified atom stereocenters.